The molecule has 4 heterocycles. The minimum atomic E-state index is -0.495. The molecular formula is C31H21N5O3. The summed E-state index contributed by atoms with van der Waals surface area (Å²) in [7, 11) is 0. The van der Waals surface area contributed by atoms with E-state index in [0.29, 0.717) is 17.8 Å². The third-order valence-electron chi connectivity index (χ3n) is 7.12. The molecule has 0 aliphatic carbocycles. The van der Waals surface area contributed by atoms with E-state index in [-0.39, 0.29) is 17.6 Å². The van der Waals surface area contributed by atoms with E-state index in [9.17, 15) is 14.4 Å². The lowest BCUT2D eigenvalue weighted by molar-refractivity contribution is -0.122. The van der Waals surface area contributed by atoms with Gasteiger partial charge in [0.1, 0.15) is 12.0 Å². The van der Waals surface area contributed by atoms with Crippen molar-refractivity contribution in [1.29, 1.82) is 0 Å². The highest BCUT2D eigenvalue weighted by Gasteiger charge is 2.36. The number of carbonyl (C=O) groups excluding carboxylic acids is 3. The molecule has 8 heteroatoms. The third-order valence-corrected chi connectivity index (χ3v) is 7.12. The van der Waals surface area contributed by atoms with E-state index < -0.39 is 11.8 Å². The Hall–Kier alpha value is -5.37. The maximum absolute atomic E-state index is 13.4. The van der Waals surface area contributed by atoms with Crippen LogP contribution in [-0.2, 0) is 20.9 Å². The first-order valence-corrected chi connectivity index (χ1v) is 12.6. The zero-order valence-corrected chi connectivity index (χ0v) is 20.7. The summed E-state index contributed by atoms with van der Waals surface area (Å²) in [6, 6.07) is 25.2. The standard InChI is InChI=1S/C31H21N5O3/c37-15-7-14-36-26-13-6-3-10-22(26)29(34-36)28-27(30(38)33-31(28)39)23-18-35(25-12-5-2-9-21(23)25)20-16-19-8-1-4-11-24(19)32-17-20/h1-6,8-13,15-18H,7,14H2,(H,33,38,39). The summed E-state index contributed by atoms with van der Waals surface area (Å²) >= 11 is 0. The number of carbonyl (C=O) groups is 3. The summed E-state index contributed by atoms with van der Waals surface area (Å²) in [6.07, 6.45) is 4.81. The van der Waals surface area contributed by atoms with Gasteiger partial charge >= 0.3 is 0 Å². The molecule has 3 aromatic carbocycles. The number of aldehydes is 1. The quantitative estimate of drug-likeness (QED) is 0.259. The molecule has 8 nitrogen and oxygen atoms in total. The lowest BCUT2D eigenvalue weighted by Gasteiger charge is -2.06. The lowest BCUT2D eigenvalue weighted by Crippen LogP contribution is -2.22. The molecule has 39 heavy (non-hydrogen) atoms. The molecule has 0 spiro atoms. The fourth-order valence-electron chi connectivity index (χ4n) is 5.38. The van der Waals surface area contributed by atoms with Crippen molar-refractivity contribution in [1.82, 2.24) is 24.6 Å². The Balaban J connectivity index is 1.49. The van der Waals surface area contributed by atoms with E-state index in [4.69, 9.17) is 5.10 Å². The molecular weight excluding hydrogens is 490 g/mol. The van der Waals surface area contributed by atoms with Crippen LogP contribution in [0.15, 0.2) is 91.3 Å². The zero-order valence-electron chi connectivity index (χ0n) is 20.7. The normalized spacial score (nSPS) is 13.6. The number of nitrogens with one attached hydrogen (secondary N) is 1. The molecule has 1 aliphatic rings. The number of amides is 2. The molecule has 3 aromatic heterocycles. The van der Waals surface area contributed by atoms with Crippen LogP contribution in [0.3, 0.4) is 0 Å². The summed E-state index contributed by atoms with van der Waals surface area (Å²) in [4.78, 5) is 42.3. The van der Waals surface area contributed by atoms with Crippen LogP contribution in [0.4, 0.5) is 0 Å². The Morgan fingerprint density at radius 2 is 1.54 bits per heavy atom. The van der Waals surface area contributed by atoms with Gasteiger partial charge in [0, 0.05) is 40.9 Å². The van der Waals surface area contributed by atoms with Crippen molar-refractivity contribution >= 4 is 62.0 Å². The number of hydrogen-bond acceptors (Lipinski definition) is 5. The Bertz CT molecular complexity index is 2010. The van der Waals surface area contributed by atoms with E-state index in [1.54, 1.807) is 10.9 Å². The summed E-state index contributed by atoms with van der Waals surface area (Å²) in [6.45, 7) is 0.371. The summed E-state index contributed by atoms with van der Waals surface area (Å²) in [5.41, 5.74) is 4.94. The smallest absolute Gasteiger partial charge is 0.261 e. The molecule has 0 saturated heterocycles. The van der Waals surface area contributed by atoms with Gasteiger partial charge in [-0.1, -0.05) is 54.6 Å². The predicted molar refractivity (Wildman–Crippen MR) is 149 cm³/mol. The number of pyridine rings is 1. The highest BCUT2D eigenvalue weighted by molar-refractivity contribution is 6.50. The van der Waals surface area contributed by atoms with Crippen molar-refractivity contribution < 1.29 is 14.4 Å². The van der Waals surface area contributed by atoms with Gasteiger partial charge in [0.15, 0.2) is 0 Å². The maximum atomic E-state index is 13.4. The highest BCUT2D eigenvalue weighted by atomic mass is 16.2. The predicted octanol–water partition coefficient (Wildman–Crippen LogP) is 4.68. The molecule has 0 unspecified atom stereocenters. The number of aromatic nitrogens is 4. The van der Waals surface area contributed by atoms with E-state index in [1.165, 1.54) is 0 Å². The van der Waals surface area contributed by atoms with Gasteiger partial charge < -0.3 is 9.36 Å². The van der Waals surface area contributed by atoms with Crippen LogP contribution in [0.1, 0.15) is 17.7 Å². The number of rotatable bonds is 6. The first-order chi connectivity index (χ1) is 19.1. The summed E-state index contributed by atoms with van der Waals surface area (Å²) in [5, 5.41) is 9.77. The van der Waals surface area contributed by atoms with Crippen LogP contribution >= 0.6 is 0 Å². The van der Waals surface area contributed by atoms with Gasteiger partial charge in [-0.05, 0) is 24.3 Å². The van der Waals surface area contributed by atoms with E-state index in [1.807, 2.05) is 83.6 Å². The van der Waals surface area contributed by atoms with Crippen LogP contribution in [0, 0.1) is 0 Å². The van der Waals surface area contributed by atoms with Crippen molar-refractivity contribution in [2.24, 2.45) is 0 Å². The Morgan fingerprint density at radius 1 is 0.821 bits per heavy atom. The van der Waals surface area contributed by atoms with Gasteiger partial charge in [-0.2, -0.15) is 5.10 Å². The molecule has 0 saturated carbocycles. The molecule has 7 rings (SSSR count). The molecule has 1 N–H and O–H groups in total. The van der Waals surface area contributed by atoms with E-state index >= 15 is 0 Å². The van der Waals surface area contributed by atoms with Gasteiger partial charge in [0.05, 0.1) is 39.6 Å². The van der Waals surface area contributed by atoms with Gasteiger partial charge in [-0.3, -0.25) is 24.6 Å². The number of aryl methyl sites for hydroxylation is 1. The average molecular weight is 512 g/mol. The topological polar surface area (TPSA) is 98.9 Å². The van der Waals surface area contributed by atoms with Crippen molar-refractivity contribution in [3.8, 4) is 5.69 Å². The van der Waals surface area contributed by atoms with Crippen molar-refractivity contribution in [3.63, 3.8) is 0 Å². The largest absolute Gasteiger partial charge is 0.314 e. The van der Waals surface area contributed by atoms with Crippen molar-refractivity contribution in [3.05, 3.63) is 103 Å². The van der Waals surface area contributed by atoms with Crippen LogP contribution in [0.25, 0.3) is 49.5 Å². The highest BCUT2D eigenvalue weighted by Crippen LogP contribution is 2.38. The van der Waals surface area contributed by atoms with E-state index in [2.05, 4.69) is 16.4 Å². The fraction of sp³-hybridized carbons (Fsp3) is 0.0645. The minimum Gasteiger partial charge on any atom is -0.314 e. The third kappa shape index (κ3) is 3.57. The first-order valence-electron chi connectivity index (χ1n) is 12.6. The van der Waals surface area contributed by atoms with Gasteiger partial charge in [-0.15, -0.1) is 0 Å². The first kappa shape index (κ1) is 22.8. The minimum absolute atomic E-state index is 0.223. The van der Waals surface area contributed by atoms with Gasteiger partial charge in [0.2, 0.25) is 0 Å². The van der Waals surface area contributed by atoms with Crippen molar-refractivity contribution in [2.75, 3.05) is 0 Å². The number of fused-ring (bicyclic) bond motifs is 3. The molecule has 0 fully saturated rings. The van der Waals surface area contributed by atoms with Crippen molar-refractivity contribution in [2.45, 2.75) is 13.0 Å². The van der Waals surface area contributed by atoms with Crippen LogP contribution in [0.5, 0.6) is 0 Å². The zero-order chi connectivity index (χ0) is 26.5. The number of para-hydroxylation sites is 3. The second-order valence-electron chi connectivity index (χ2n) is 9.39. The molecule has 0 atom stereocenters. The summed E-state index contributed by atoms with van der Waals surface area (Å²) in [5.74, 6) is -0.967. The Labute approximate surface area is 222 Å². The molecule has 0 radical (unpaired) electrons. The van der Waals surface area contributed by atoms with E-state index in [0.717, 1.165) is 44.7 Å². The van der Waals surface area contributed by atoms with Crippen LogP contribution in [-0.4, -0.2) is 37.4 Å². The monoisotopic (exact) mass is 511 g/mol. The number of nitrogens with zero attached hydrogens (tertiary/aromatic N) is 4. The van der Waals surface area contributed by atoms with Crippen LogP contribution < -0.4 is 5.32 Å². The molecule has 0 bridgehead atoms. The molecule has 6 aromatic rings. The number of benzene rings is 3. The van der Waals surface area contributed by atoms with Gasteiger partial charge in [0.25, 0.3) is 11.8 Å². The Morgan fingerprint density at radius 3 is 2.38 bits per heavy atom. The van der Waals surface area contributed by atoms with Gasteiger partial charge in [-0.25, -0.2) is 0 Å². The average Bonchev–Trinajstić information content (AvgIpc) is 3.62. The second kappa shape index (κ2) is 8.88. The maximum Gasteiger partial charge on any atom is 0.261 e. The fourth-order valence-corrected chi connectivity index (χ4v) is 5.38. The number of imide groups is 1. The number of hydrogen-bond donors (Lipinski definition) is 1. The lowest BCUT2D eigenvalue weighted by atomic mass is 9.97. The SMILES string of the molecule is O=CCCn1nc(C2=C(c3cn(-c4cnc5ccccc5c4)c4ccccc34)C(=O)NC2=O)c2ccccc21. The molecule has 188 valence electrons. The molecule has 2 amide bonds. The molecule has 1 aliphatic heterocycles. The second-order valence-corrected chi connectivity index (χ2v) is 9.39. The Kier molecular flexibility index (Phi) is 5.19. The summed E-state index contributed by atoms with van der Waals surface area (Å²) < 4.78 is 3.70. The van der Waals surface area contributed by atoms with Crippen LogP contribution in [0.2, 0.25) is 0 Å².